The van der Waals surface area contributed by atoms with Crippen molar-refractivity contribution in [3.8, 4) is 0 Å². The summed E-state index contributed by atoms with van der Waals surface area (Å²) in [4.78, 5) is 2.68. The second-order valence-electron chi connectivity index (χ2n) is 5.38. The number of benzene rings is 1. The number of rotatable bonds is 6. The molecule has 0 saturated heterocycles. The van der Waals surface area contributed by atoms with Crippen molar-refractivity contribution in [3.63, 3.8) is 0 Å². The molecule has 0 bridgehead atoms. The Labute approximate surface area is 128 Å². The lowest BCUT2D eigenvalue weighted by atomic mass is 10.1. The van der Waals surface area contributed by atoms with Crippen LogP contribution in [0.5, 0.6) is 0 Å². The van der Waals surface area contributed by atoms with Crippen LogP contribution < -0.4 is 10.2 Å². The Balaban J connectivity index is 2.16. The molecule has 0 unspecified atom stereocenters. The van der Waals surface area contributed by atoms with Crippen LogP contribution in [0, 0.1) is 11.6 Å². The molecule has 114 valence electrons. The van der Waals surface area contributed by atoms with Gasteiger partial charge in [0.25, 0.3) is 0 Å². The summed E-state index contributed by atoms with van der Waals surface area (Å²) in [6.45, 7) is 4.95. The van der Waals surface area contributed by atoms with Gasteiger partial charge in [-0.25, -0.2) is 8.78 Å². The van der Waals surface area contributed by atoms with Crippen molar-refractivity contribution in [2.75, 3.05) is 11.9 Å². The molecule has 0 aliphatic carbocycles. The van der Waals surface area contributed by atoms with Crippen LogP contribution in [0.15, 0.2) is 29.6 Å². The monoisotopic (exact) mass is 310 g/mol. The molecular weight excluding hydrogens is 290 g/mol. The molecule has 0 radical (unpaired) electrons. The Morgan fingerprint density at radius 2 is 1.90 bits per heavy atom. The minimum atomic E-state index is -0.519. The molecule has 1 aromatic heterocycles. The number of thiophene rings is 1. The lowest BCUT2D eigenvalue weighted by Crippen LogP contribution is -2.23. The highest BCUT2D eigenvalue weighted by molar-refractivity contribution is 7.09. The molecule has 0 saturated carbocycles. The van der Waals surface area contributed by atoms with Crippen molar-refractivity contribution in [3.05, 3.63) is 51.7 Å². The molecule has 2 aromatic rings. The third kappa shape index (κ3) is 4.25. The van der Waals surface area contributed by atoms with E-state index < -0.39 is 11.6 Å². The molecule has 0 atom stereocenters. The van der Waals surface area contributed by atoms with E-state index in [1.54, 1.807) is 23.3 Å². The Morgan fingerprint density at radius 3 is 2.43 bits per heavy atom. The van der Waals surface area contributed by atoms with Crippen LogP contribution in [-0.2, 0) is 13.1 Å². The summed E-state index contributed by atoms with van der Waals surface area (Å²) in [6, 6.07) is 6.97. The molecule has 0 aliphatic heterocycles. The summed E-state index contributed by atoms with van der Waals surface area (Å²) in [5.41, 5.74) is 0.642. The van der Waals surface area contributed by atoms with Gasteiger partial charge < -0.3 is 10.2 Å². The maximum atomic E-state index is 14.2. The normalized spacial score (nSPS) is 11.1. The number of nitrogens with one attached hydrogen (secondary N) is 1. The first-order chi connectivity index (χ1) is 9.97. The first-order valence-electron chi connectivity index (χ1n) is 6.92. The van der Waals surface area contributed by atoms with Crippen molar-refractivity contribution >= 4 is 17.0 Å². The van der Waals surface area contributed by atoms with Crippen LogP contribution in [0.4, 0.5) is 14.5 Å². The largest absolute Gasteiger partial charge is 0.365 e. The van der Waals surface area contributed by atoms with Gasteiger partial charge in [-0.15, -0.1) is 11.3 Å². The smallest absolute Gasteiger partial charge is 0.149 e. The van der Waals surface area contributed by atoms with Gasteiger partial charge in [0.1, 0.15) is 17.3 Å². The van der Waals surface area contributed by atoms with Gasteiger partial charge in [0, 0.05) is 24.5 Å². The molecule has 0 spiro atoms. The molecule has 1 N–H and O–H groups in total. The van der Waals surface area contributed by atoms with Crippen molar-refractivity contribution in [2.24, 2.45) is 0 Å². The zero-order valence-electron chi connectivity index (χ0n) is 12.5. The predicted octanol–water partition coefficient (Wildman–Crippen LogP) is 4.16. The van der Waals surface area contributed by atoms with Gasteiger partial charge in [0.05, 0.1) is 6.54 Å². The number of hydrogen-bond acceptors (Lipinski definition) is 3. The summed E-state index contributed by atoms with van der Waals surface area (Å²) in [5, 5.41) is 5.11. The summed E-state index contributed by atoms with van der Waals surface area (Å²) < 4.78 is 28.4. The summed E-state index contributed by atoms with van der Waals surface area (Å²) in [5.74, 6) is -1.04. The van der Waals surface area contributed by atoms with Gasteiger partial charge in [-0.3, -0.25) is 0 Å². The number of halogens is 2. The predicted molar refractivity (Wildman–Crippen MR) is 84.8 cm³/mol. The maximum absolute atomic E-state index is 14.2. The summed E-state index contributed by atoms with van der Waals surface area (Å²) >= 11 is 1.58. The minimum Gasteiger partial charge on any atom is -0.365 e. The number of nitrogens with zero attached hydrogens (tertiary/aromatic N) is 1. The third-order valence-electron chi connectivity index (χ3n) is 3.15. The van der Waals surface area contributed by atoms with Gasteiger partial charge in [0.2, 0.25) is 0 Å². The Bertz CT molecular complexity index is 559. The summed E-state index contributed by atoms with van der Waals surface area (Å²) in [7, 11) is 1.70. The fourth-order valence-corrected chi connectivity index (χ4v) is 2.88. The highest BCUT2D eigenvalue weighted by atomic mass is 32.1. The van der Waals surface area contributed by atoms with Gasteiger partial charge in [-0.1, -0.05) is 19.9 Å². The maximum Gasteiger partial charge on any atom is 0.149 e. The van der Waals surface area contributed by atoms with E-state index in [1.165, 1.54) is 12.1 Å². The molecule has 5 heteroatoms. The van der Waals surface area contributed by atoms with E-state index in [4.69, 9.17) is 0 Å². The van der Waals surface area contributed by atoms with Gasteiger partial charge >= 0.3 is 0 Å². The van der Waals surface area contributed by atoms with Crippen molar-refractivity contribution in [1.82, 2.24) is 5.32 Å². The fourth-order valence-electron chi connectivity index (χ4n) is 2.12. The zero-order chi connectivity index (χ0) is 15.4. The highest BCUT2D eigenvalue weighted by Gasteiger charge is 2.16. The Kier molecular flexibility index (Phi) is 5.31. The fraction of sp³-hybridized carbons (Fsp3) is 0.375. The van der Waals surface area contributed by atoms with Crippen molar-refractivity contribution in [1.29, 1.82) is 0 Å². The lowest BCUT2D eigenvalue weighted by Gasteiger charge is -2.20. The van der Waals surface area contributed by atoms with E-state index in [-0.39, 0.29) is 11.7 Å². The van der Waals surface area contributed by atoms with Crippen LogP contribution in [0.2, 0.25) is 0 Å². The van der Waals surface area contributed by atoms with E-state index >= 15 is 0 Å². The first kappa shape index (κ1) is 15.9. The Morgan fingerprint density at radius 1 is 1.24 bits per heavy atom. The van der Waals surface area contributed by atoms with Gasteiger partial charge in [0.15, 0.2) is 0 Å². The quantitative estimate of drug-likeness (QED) is 0.862. The van der Waals surface area contributed by atoms with Gasteiger partial charge in [-0.2, -0.15) is 0 Å². The third-order valence-corrected chi connectivity index (χ3v) is 4.01. The van der Waals surface area contributed by atoms with Gasteiger partial charge in [-0.05, 0) is 29.1 Å². The lowest BCUT2D eigenvalue weighted by molar-refractivity contribution is 0.557. The standard InChI is InChI=1S/C16H20F2N2S/c1-11(2)19-9-12-7-14(17)16(15(18)8-12)20(3)10-13-5-4-6-21-13/h4-8,11,19H,9-10H2,1-3H3. The second-order valence-corrected chi connectivity index (χ2v) is 6.41. The number of anilines is 1. The number of hydrogen-bond donors (Lipinski definition) is 1. The topological polar surface area (TPSA) is 15.3 Å². The SMILES string of the molecule is CC(C)NCc1cc(F)c(N(C)Cc2cccs2)c(F)c1. The molecule has 2 rings (SSSR count). The highest BCUT2D eigenvalue weighted by Crippen LogP contribution is 2.26. The average molecular weight is 310 g/mol. The van der Waals surface area contributed by atoms with Crippen LogP contribution in [0.3, 0.4) is 0 Å². The van der Waals surface area contributed by atoms with E-state index in [2.05, 4.69) is 5.32 Å². The van der Waals surface area contributed by atoms with E-state index in [0.29, 0.717) is 18.7 Å². The molecule has 21 heavy (non-hydrogen) atoms. The van der Waals surface area contributed by atoms with Crippen LogP contribution in [0.25, 0.3) is 0 Å². The van der Waals surface area contributed by atoms with Crippen molar-refractivity contribution in [2.45, 2.75) is 33.0 Å². The molecular formula is C16H20F2N2S. The molecule has 0 aliphatic rings. The second kappa shape index (κ2) is 7.00. The minimum absolute atomic E-state index is 0.0247. The Hall–Kier alpha value is -1.46. The average Bonchev–Trinajstić information content (AvgIpc) is 2.88. The molecule has 1 aromatic carbocycles. The van der Waals surface area contributed by atoms with E-state index in [1.807, 2.05) is 31.4 Å². The van der Waals surface area contributed by atoms with Crippen molar-refractivity contribution < 1.29 is 8.78 Å². The summed E-state index contributed by atoms with van der Waals surface area (Å²) in [6.07, 6.45) is 0. The zero-order valence-corrected chi connectivity index (χ0v) is 13.3. The van der Waals surface area contributed by atoms with Crippen LogP contribution in [0.1, 0.15) is 24.3 Å². The molecule has 1 heterocycles. The van der Waals surface area contributed by atoms with E-state index in [0.717, 1.165) is 4.88 Å². The van der Waals surface area contributed by atoms with Crippen LogP contribution >= 0.6 is 11.3 Å². The van der Waals surface area contributed by atoms with Crippen LogP contribution in [-0.4, -0.2) is 13.1 Å². The molecule has 2 nitrogen and oxygen atoms in total. The molecule has 0 fully saturated rings. The molecule has 0 amide bonds. The first-order valence-corrected chi connectivity index (χ1v) is 7.80. The van der Waals surface area contributed by atoms with E-state index in [9.17, 15) is 8.78 Å².